The summed E-state index contributed by atoms with van der Waals surface area (Å²) in [4.78, 5) is 9.94. The van der Waals surface area contributed by atoms with Crippen LogP contribution in [0.4, 0.5) is 0 Å². The summed E-state index contributed by atoms with van der Waals surface area (Å²) in [5, 5.41) is 8.11. The molecule has 28 heavy (non-hydrogen) atoms. The lowest BCUT2D eigenvalue weighted by Crippen LogP contribution is -2.18. The standard InChI is InChI=1S/C22H21N5O/c1-16-4-6-17(7-5-16)22(2,3)18-8-10-19(11-9-18)28-21-15-23-14-20(26-21)27-24-12-13-25-27/h4-15H,1-3H3. The number of ether oxygens (including phenoxy) is 1. The number of hydrogen-bond acceptors (Lipinski definition) is 5. The van der Waals surface area contributed by atoms with Crippen LogP contribution >= 0.6 is 0 Å². The molecule has 4 aromatic rings. The fraction of sp³-hybridized carbons (Fsp3) is 0.182. The molecule has 0 N–H and O–H groups in total. The average molecular weight is 371 g/mol. The first-order valence-electron chi connectivity index (χ1n) is 9.07. The van der Waals surface area contributed by atoms with Crippen molar-refractivity contribution in [2.24, 2.45) is 0 Å². The zero-order chi connectivity index (χ0) is 19.6. The van der Waals surface area contributed by atoms with Gasteiger partial charge in [-0.25, -0.2) is 0 Å². The Morgan fingerprint density at radius 1 is 0.821 bits per heavy atom. The molecular weight excluding hydrogens is 350 g/mol. The maximum Gasteiger partial charge on any atom is 0.239 e. The molecule has 140 valence electrons. The lowest BCUT2D eigenvalue weighted by Gasteiger charge is -2.26. The van der Waals surface area contributed by atoms with Gasteiger partial charge in [0.15, 0.2) is 5.82 Å². The number of benzene rings is 2. The Bertz CT molecular complexity index is 1060. The number of nitrogens with zero attached hydrogens (tertiary/aromatic N) is 5. The molecule has 0 saturated heterocycles. The predicted molar refractivity (Wildman–Crippen MR) is 107 cm³/mol. The largest absolute Gasteiger partial charge is 0.437 e. The zero-order valence-electron chi connectivity index (χ0n) is 16.1. The van der Waals surface area contributed by atoms with Crippen LogP contribution in [0.25, 0.3) is 5.82 Å². The van der Waals surface area contributed by atoms with Crippen LogP contribution in [0.2, 0.25) is 0 Å². The molecule has 0 fully saturated rings. The van der Waals surface area contributed by atoms with Gasteiger partial charge in [0.1, 0.15) is 5.75 Å². The molecule has 6 heteroatoms. The number of aryl methyl sites for hydroxylation is 1. The lowest BCUT2D eigenvalue weighted by atomic mass is 9.78. The molecule has 0 saturated carbocycles. The van der Waals surface area contributed by atoms with Gasteiger partial charge in [-0.3, -0.25) is 4.98 Å². The van der Waals surface area contributed by atoms with Gasteiger partial charge in [-0.15, -0.1) is 4.80 Å². The molecule has 0 aliphatic carbocycles. The molecule has 6 nitrogen and oxygen atoms in total. The van der Waals surface area contributed by atoms with E-state index in [1.165, 1.54) is 21.5 Å². The first-order chi connectivity index (χ1) is 13.5. The van der Waals surface area contributed by atoms with E-state index in [0.717, 1.165) is 0 Å². The van der Waals surface area contributed by atoms with Crippen molar-refractivity contribution in [2.75, 3.05) is 0 Å². The quantitative estimate of drug-likeness (QED) is 0.517. The molecule has 0 atom stereocenters. The molecular formula is C22H21N5O. The van der Waals surface area contributed by atoms with Crippen LogP contribution in [0.5, 0.6) is 11.6 Å². The monoisotopic (exact) mass is 371 g/mol. The maximum atomic E-state index is 5.86. The summed E-state index contributed by atoms with van der Waals surface area (Å²) in [5.74, 6) is 1.59. The first-order valence-corrected chi connectivity index (χ1v) is 9.07. The summed E-state index contributed by atoms with van der Waals surface area (Å²) >= 11 is 0. The SMILES string of the molecule is Cc1ccc(C(C)(C)c2ccc(Oc3cncc(-n4nccn4)n3)cc2)cc1. The van der Waals surface area contributed by atoms with Crippen LogP contribution in [-0.4, -0.2) is 25.0 Å². The topological polar surface area (TPSA) is 65.7 Å². The Hall–Kier alpha value is -3.54. The van der Waals surface area contributed by atoms with Crippen LogP contribution in [0, 0.1) is 6.92 Å². The fourth-order valence-corrected chi connectivity index (χ4v) is 3.02. The molecule has 0 spiro atoms. The summed E-state index contributed by atoms with van der Waals surface area (Å²) in [5.41, 5.74) is 3.65. The number of aromatic nitrogens is 5. The van der Waals surface area contributed by atoms with Crippen molar-refractivity contribution in [3.63, 3.8) is 0 Å². The Balaban J connectivity index is 1.54. The van der Waals surface area contributed by atoms with Crippen molar-refractivity contribution < 1.29 is 4.74 Å². The highest BCUT2D eigenvalue weighted by Gasteiger charge is 2.22. The normalized spacial score (nSPS) is 11.4. The predicted octanol–water partition coefficient (Wildman–Crippen LogP) is 4.48. The lowest BCUT2D eigenvalue weighted by molar-refractivity contribution is 0.456. The van der Waals surface area contributed by atoms with Crippen molar-refractivity contribution in [2.45, 2.75) is 26.2 Å². The fourth-order valence-electron chi connectivity index (χ4n) is 3.02. The van der Waals surface area contributed by atoms with Gasteiger partial charge in [0, 0.05) is 5.41 Å². The van der Waals surface area contributed by atoms with Gasteiger partial charge < -0.3 is 4.74 Å². The number of hydrogen-bond donors (Lipinski definition) is 0. The van der Waals surface area contributed by atoms with E-state index in [1.807, 2.05) is 12.1 Å². The molecule has 0 unspecified atom stereocenters. The van der Waals surface area contributed by atoms with Gasteiger partial charge in [0.05, 0.1) is 24.8 Å². The molecule has 0 radical (unpaired) electrons. The molecule has 2 aromatic carbocycles. The van der Waals surface area contributed by atoms with Crippen LogP contribution < -0.4 is 4.74 Å². The minimum Gasteiger partial charge on any atom is -0.437 e. The molecule has 4 rings (SSSR count). The van der Waals surface area contributed by atoms with Gasteiger partial charge in [0.2, 0.25) is 5.88 Å². The van der Waals surface area contributed by atoms with E-state index in [4.69, 9.17) is 4.74 Å². The summed E-state index contributed by atoms with van der Waals surface area (Å²) in [7, 11) is 0. The van der Waals surface area contributed by atoms with Crippen molar-refractivity contribution in [3.05, 3.63) is 90.0 Å². The van der Waals surface area contributed by atoms with E-state index in [-0.39, 0.29) is 5.41 Å². The zero-order valence-corrected chi connectivity index (χ0v) is 16.1. The van der Waals surface area contributed by atoms with E-state index in [2.05, 4.69) is 77.3 Å². The molecule has 0 amide bonds. The van der Waals surface area contributed by atoms with Crippen molar-refractivity contribution >= 4 is 0 Å². The van der Waals surface area contributed by atoms with E-state index in [0.29, 0.717) is 17.4 Å². The van der Waals surface area contributed by atoms with Gasteiger partial charge >= 0.3 is 0 Å². The minimum atomic E-state index is -0.0995. The third-order valence-electron chi connectivity index (χ3n) is 4.80. The van der Waals surface area contributed by atoms with Gasteiger partial charge in [-0.1, -0.05) is 55.8 Å². The summed E-state index contributed by atoms with van der Waals surface area (Å²) < 4.78 is 5.86. The third kappa shape index (κ3) is 3.62. The Kier molecular flexibility index (Phi) is 4.61. The highest BCUT2D eigenvalue weighted by molar-refractivity contribution is 5.41. The van der Waals surface area contributed by atoms with Crippen molar-refractivity contribution in [1.82, 2.24) is 25.0 Å². The van der Waals surface area contributed by atoms with Gasteiger partial charge in [-0.05, 0) is 30.2 Å². The molecule has 0 aliphatic rings. The summed E-state index contributed by atoms with van der Waals surface area (Å²) in [6.45, 7) is 6.54. The summed E-state index contributed by atoms with van der Waals surface area (Å²) in [6, 6.07) is 16.7. The van der Waals surface area contributed by atoms with Gasteiger partial charge in [0.25, 0.3) is 0 Å². The van der Waals surface area contributed by atoms with Crippen molar-refractivity contribution in [1.29, 1.82) is 0 Å². The Labute approximate surface area is 163 Å². The van der Waals surface area contributed by atoms with Gasteiger partial charge in [-0.2, -0.15) is 15.2 Å². The van der Waals surface area contributed by atoms with Crippen LogP contribution in [0.3, 0.4) is 0 Å². The van der Waals surface area contributed by atoms with E-state index in [1.54, 1.807) is 24.8 Å². The molecule has 0 bridgehead atoms. The van der Waals surface area contributed by atoms with E-state index in [9.17, 15) is 0 Å². The minimum absolute atomic E-state index is 0.0995. The van der Waals surface area contributed by atoms with Crippen LogP contribution in [0.15, 0.2) is 73.3 Å². The highest BCUT2D eigenvalue weighted by Crippen LogP contribution is 2.33. The molecule has 0 aliphatic heterocycles. The Morgan fingerprint density at radius 3 is 2.07 bits per heavy atom. The van der Waals surface area contributed by atoms with E-state index < -0.39 is 0 Å². The summed E-state index contributed by atoms with van der Waals surface area (Å²) in [6.07, 6.45) is 6.32. The van der Waals surface area contributed by atoms with Crippen molar-refractivity contribution in [3.8, 4) is 17.4 Å². The van der Waals surface area contributed by atoms with E-state index >= 15 is 0 Å². The second kappa shape index (κ2) is 7.23. The average Bonchev–Trinajstić information content (AvgIpc) is 3.24. The van der Waals surface area contributed by atoms with Crippen LogP contribution in [0.1, 0.15) is 30.5 Å². The molecule has 2 aromatic heterocycles. The van der Waals surface area contributed by atoms with Crippen LogP contribution in [-0.2, 0) is 5.41 Å². The molecule has 2 heterocycles. The second-order valence-corrected chi connectivity index (χ2v) is 7.15. The third-order valence-corrected chi connectivity index (χ3v) is 4.80. The number of rotatable bonds is 5. The second-order valence-electron chi connectivity index (χ2n) is 7.15. The Morgan fingerprint density at radius 2 is 1.43 bits per heavy atom. The highest BCUT2D eigenvalue weighted by atomic mass is 16.5. The smallest absolute Gasteiger partial charge is 0.239 e. The first kappa shape index (κ1) is 17.9. The maximum absolute atomic E-state index is 5.86.